The maximum atomic E-state index is 12.1. The topological polar surface area (TPSA) is 100 Å². The zero-order chi connectivity index (χ0) is 17.8. The molecule has 25 heavy (non-hydrogen) atoms. The highest BCUT2D eigenvalue weighted by Gasteiger charge is 2.24. The van der Waals surface area contributed by atoms with E-state index < -0.39 is 5.97 Å². The third kappa shape index (κ3) is 4.23. The van der Waals surface area contributed by atoms with Crippen LogP contribution in [0.1, 0.15) is 40.7 Å². The quantitative estimate of drug-likeness (QED) is 0.811. The van der Waals surface area contributed by atoms with E-state index in [1.165, 1.54) is 0 Å². The first-order valence-electron chi connectivity index (χ1n) is 8.21. The van der Waals surface area contributed by atoms with Crippen LogP contribution >= 0.6 is 11.3 Å². The number of hydrogen-bond donors (Lipinski definition) is 2. The number of aromatic carboxylic acids is 1. The van der Waals surface area contributed by atoms with Crippen LogP contribution in [-0.4, -0.2) is 56.3 Å². The number of thiophene rings is 1. The number of piperidine rings is 1. The van der Waals surface area contributed by atoms with Gasteiger partial charge in [-0.2, -0.15) is 0 Å². The van der Waals surface area contributed by atoms with Crippen LogP contribution in [0.15, 0.2) is 17.8 Å². The number of rotatable bonds is 6. The molecule has 1 aliphatic heterocycles. The highest BCUT2D eigenvalue weighted by atomic mass is 32.1. The lowest BCUT2D eigenvalue weighted by Gasteiger charge is -2.31. The lowest BCUT2D eigenvalue weighted by atomic mass is 9.96. The third-order valence-electron chi connectivity index (χ3n) is 4.49. The van der Waals surface area contributed by atoms with Crippen LogP contribution in [0.3, 0.4) is 0 Å². The minimum atomic E-state index is -1.02. The first-order valence-corrected chi connectivity index (χ1v) is 9.09. The van der Waals surface area contributed by atoms with Gasteiger partial charge in [-0.1, -0.05) is 0 Å². The largest absolute Gasteiger partial charge is 0.477 e. The highest BCUT2D eigenvalue weighted by molar-refractivity contribution is 7.12. The number of aryl methyl sites for hydroxylation is 1. The van der Waals surface area contributed by atoms with E-state index in [2.05, 4.69) is 20.4 Å². The van der Waals surface area contributed by atoms with Gasteiger partial charge in [-0.25, -0.2) is 4.79 Å². The second-order valence-corrected chi connectivity index (χ2v) is 7.10. The Labute approximate surface area is 149 Å². The average molecular weight is 363 g/mol. The Hall–Kier alpha value is -2.26. The summed E-state index contributed by atoms with van der Waals surface area (Å²) in [7, 11) is 1.96. The predicted octanol–water partition coefficient (Wildman–Crippen LogP) is 1.78. The van der Waals surface area contributed by atoms with Crippen molar-refractivity contribution in [2.75, 3.05) is 25.0 Å². The molecule has 0 aromatic carbocycles. The SMILES string of the molecule is Cn1cnnc1C1CCN(CCC(=O)Nc2ccsc2C(=O)O)CC1. The Morgan fingerprint density at radius 1 is 1.40 bits per heavy atom. The summed E-state index contributed by atoms with van der Waals surface area (Å²) in [5, 5.41) is 21.5. The zero-order valence-electron chi connectivity index (χ0n) is 14.0. The van der Waals surface area contributed by atoms with Crippen LogP contribution < -0.4 is 5.32 Å². The van der Waals surface area contributed by atoms with E-state index in [4.69, 9.17) is 5.11 Å². The fraction of sp³-hybridized carbons (Fsp3) is 0.500. The normalized spacial score (nSPS) is 16.0. The second kappa shape index (κ2) is 7.75. The summed E-state index contributed by atoms with van der Waals surface area (Å²) in [6.45, 7) is 2.51. The fourth-order valence-electron chi connectivity index (χ4n) is 3.12. The minimum Gasteiger partial charge on any atom is -0.477 e. The zero-order valence-corrected chi connectivity index (χ0v) is 14.8. The van der Waals surface area contributed by atoms with Crippen molar-refractivity contribution in [2.24, 2.45) is 7.05 Å². The molecule has 1 saturated heterocycles. The van der Waals surface area contributed by atoms with Crippen molar-refractivity contribution in [3.63, 3.8) is 0 Å². The van der Waals surface area contributed by atoms with E-state index in [0.717, 1.165) is 43.1 Å². The molecule has 0 bridgehead atoms. The number of carbonyl (C=O) groups excluding carboxylic acids is 1. The van der Waals surface area contributed by atoms with Crippen LogP contribution in [-0.2, 0) is 11.8 Å². The van der Waals surface area contributed by atoms with Crippen LogP contribution in [0.5, 0.6) is 0 Å². The van der Waals surface area contributed by atoms with Crippen molar-refractivity contribution < 1.29 is 14.7 Å². The molecule has 1 amide bonds. The summed E-state index contributed by atoms with van der Waals surface area (Å²) in [5.41, 5.74) is 0.378. The van der Waals surface area contributed by atoms with Gasteiger partial charge in [0.05, 0.1) is 5.69 Å². The van der Waals surface area contributed by atoms with Crippen molar-refractivity contribution >= 4 is 28.9 Å². The Kier molecular flexibility index (Phi) is 5.44. The van der Waals surface area contributed by atoms with E-state index in [1.54, 1.807) is 17.8 Å². The monoisotopic (exact) mass is 363 g/mol. The van der Waals surface area contributed by atoms with E-state index in [0.29, 0.717) is 24.6 Å². The lowest BCUT2D eigenvalue weighted by molar-refractivity contribution is -0.116. The number of anilines is 1. The molecule has 1 fully saturated rings. The number of amides is 1. The number of hydrogen-bond acceptors (Lipinski definition) is 6. The summed E-state index contributed by atoms with van der Waals surface area (Å²) >= 11 is 1.11. The summed E-state index contributed by atoms with van der Waals surface area (Å²) in [6.07, 6.45) is 4.08. The van der Waals surface area contributed by atoms with Gasteiger partial charge in [-0.05, 0) is 37.4 Å². The van der Waals surface area contributed by atoms with Crippen molar-refractivity contribution in [3.05, 3.63) is 28.5 Å². The third-order valence-corrected chi connectivity index (χ3v) is 5.39. The molecule has 2 aromatic rings. The summed E-state index contributed by atoms with van der Waals surface area (Å²) < 4.78 is 1.97. The molecule has 0 atom stereocenters. The van der Waals surface area contributed by atoms with E-state index in [1.807, 2.05) is 11.6 Å². The number of carbonyl (C=O) groups is 2. The van der Waals surface area contributed by atoms with Crippen LogP contribution in [0.25, 0.3) is 0 Å². The van der Waals surface area contributed by atoms with Gasteiger partial charge in [0.25, 0.3) is 0 Å². The number of aromatic nitrogens is 3. The molecule has 2 N–H and O–H groups in total. The minimum absolute atomic E-state index is 0.156. The van der Waals surface area contributed by atoms with Crippen molar-refractivity contribution in [1.82, 2.24) is 19.7 Å². The Balaban J connectivity index is 1.44. The highest BCUT2D eigenvalue weighted by Crippen LogP contribution is 2.26. The van der Waals surface area contributed by atoms with Gasteiger partial charge in [0.1, 0.15) is 17.0 Å². The van der Waals surface area contributed by atoms with Gasteiger partial charge in [-0.15, -0.1) is 21.5 Å². The molecule has 2 aromatic heterocycles. The summed E-state index contributed by atoms with van der Waals surface area (Å²) in [6, 6.07) is 1.62. The van der Waals surface area contributed by atoms with Gasteiger partial charge in [0.2, 0.25) is 5.91 Å². The molecule has 134 valence electrons. The van der Waals surface area contributed by atoms with Gasteiger partial charge >= 0.3 is 5.97 Å². The Morgan fingerprint density at radius 2 is 2.16 bits per heavy atom. The molecule has 0 radical (unpaired) electrons. The maximum Gasteiger partial charge on any atom is 0.348 e. The predicted molar refractivity (Wildman–Crippen MR) is 93.9 cm³/mol. The summed E-state index contributed by atoms with van der Waals surface area (Å²) in [4.78, 5) is 25.6. The first kappa shape index (κ1) is 17.6. The van der Waals surface area contributed by atoms with E-state index in [9.17, 15) is 9.59 Å². The molecular formula is C16H21N5O3S. The number of carboxylic acids is 1. The molecule has 9 heteroatoms. The van der Waals surface area contributed by atoms with Gasteiger partial charge in [-0.3, -0.25) is 4.79 Å². The molecule has 0 unspecified atom stereocenters. The lowest BCUT2D eigenvalue weighted by Crippen LogP contribution is -2.35. The van der Waals surface area contributed by atoms with Crippen LogP contribution in [0, 0.1) is 0 Å². The van der Waals surface area contributed by atoms with Gasteiger partial charge in [0.15, 0.2) is 0 Å². The number of nitrogens with zero attached hydrogens (tertiary/aromatic N) is 4. The summed E-state index contributed by atoms with van der Waals surface area (Å²) in [5.74, 6) is 0.269. The Morgan fingerprint density at radius 3 is 2.80 bits per heavy atom. The van der Waals surface area contributed by atoms with Gasteiger partial charge in [0, 0.05) is 25.9 Å². The molecular weight excluding hydrogens is 342 g/mol. The number of carboxylic acid groups (broad SMARTS) is 1. The molecule has 0 aliphatic carbocycles. The molecule has 0 saturated carbocycles. The van der Waals surface area contributed by atoms with Crippen molar-refractivity contribution in [1.29, 1.82) is 0 Å². The number of likely N-dealkylation sites (tertiary alicyclic amines) is 1. The average Bonchev–Trinajstić information content (AvgIpc) is 3.22. The smallest absolute Gasteiger partial charge is 0.348 e. The standard InChI is InChI=1S/C16H21N5O3S/c1-20-10-17-19-15(20)11-2-6-21(7-3-11)8-4-13(22)18-12-5-9-25-14(12)16(23)24/h5,9-11H,2-4,6-8H2,1H3,(H,18,22)(H,23,24). The second-order valence-electron chi connectivity index (χ2n) is 6.18. The van der Waals surface area contributed by atoms with Crippen LogP contribution in [0.4, 0.5) is 5.69 Å². The van der Waals surface area contributed by atoms with E-state index >= 15 is 0 Å². The van der Waals surface area contributed by atoms with Crippen LogP contribution in [0.2, 0.25) is 0 Å². The number of nitrogens with one attached hydrogen (secondary N) is 1. The van der Waals surface area contributed by atoms with Crippen molar-refractivity contribution in [3.8, 4) is 0 Å². The molecule has 0 spiro atoms. The molecule has 8 nitrogen and oxygen atoms in total. The van der Waals surface area contributed by atoms with Gasteiger partial charge < -0.3 is 19.9 Å². The van der Waals surface area contributed by atoms with Crippen molar-refractivity contribution in [2.45, 2.75) is 25.2 Å². The first-order chi connectivity index (χ1) is 12.0. The maximum absolute atomic E-state index is 12.1. The fourth-order valence-corrected chi connectivity index (χ4v) is 3.81. The Bertz CT molecular complexity index is 749. The molecule has 3 rings (SSSR count). The molecule has 1 aliphatic rings. The molecule has 3 heterocycles. The van der Waals surface area contributed by atoms with E-state index in [-0.39, 0.29) is 10.8 Å².